The molecule has 0 aliphatic heterocycles. The number of rotatable bonds is 4. The molecule has 0 fully saturated rings. The normalized spacial score (nSPS) is 7.00. The molecule has 56 valence electrons. The minimum atomic E-state index is 0.692. The standard InChI is InChI=1S/C4H10N2O.C2H6/c1-5-2-3-6-4-7;1-2/h4-5H,2-3H2,1H3,(H,6,7);1-2H3. The van der Waals surface area contributed by atoms with Crippen molar-refractivity contribution in [2.45, 2.75) is 13.8 Å². The molecule has 0 aliphatic rings. The van der Waals surface area contributed by atoms with E-state index in [-0.39, 0.29) is 0 Å². The highest BCUT2D eigenvalue weighted by Crippen LogP contribution is 1.46. The summed E-state index contributed by atoms with van der Waals surface area (Å²) in [5.74, 6) is 0. The highest BCUT2D eigenvalue weighted by atomic mass is 16.1. The van der Waals surface area contributed by atoms with E-state index in [0.717, 1.165) is 6.54 Å². The van der Waals surface area contributed by atoms with Crippen LogP contribution in [-0.4, -0.2) is 26.5 Å². The van der Waals surface area contributed by atoms with E-state index >= 15 is 0 Å². The molecule has 0 rings (SSSR count). The van der Waals surface area contributed by atoms with Gasteiger partial charge in [-0.2, -0.15) is 0 Å². The summed E-state index contributed by atoms with van der Waals surface area (Å²) in [5, 5.41) is 5.39. The number of nitrogens with one attached hydrogen (secondary N) is 2. The molecule has 0 atom stereocenters. The molecule has 0 aromatic carbocycles. The van der Waals surface area contributed by atoms with Crippen LogP contribution in [0.1, 0.15) is 13.8 Å². The van der Waals surface area contributed by atoms with Gasteiger partial charge in [-0.05, 0) is 7.05 Å². The van der Waals surface area contributed by atoms with Crippen LogP contribution in [0.5, 0.6) is 0 Å². The largest absolute Gasteiger partial charge is 0.357 e. The van der Waals surface area contributed by atoms with E-state index in [4.69, 9.17) is 0 Å². The van der Waals surface area contributed by atoms with Crippen molar-refractivity contribution >= 4 is 6.41 Å². The van der Waals surface area contributed by atoms with E-state index in [9.17, 15) is 4.79 Å². The summed E-state index contributed by atoms with van der Waals surface area (Å²) in [6.45, 7) is 5.54. The zero-order valence-electron chi connectivity index (χ0n) is 6.40. The average molecular weight is 132 g/mol. The maximum atomic E-state index is 9.54. The Kier molecular flexibility index (Phi) is 19.6. The first-order valence-corrected chi connectivity index (χ1v) is 3.23. The molecule has 0 saturated heterocycles. The second-order valence-electron chi connectivity index (χ2n) is 1.18. The molecule has 2 N–H and O–H groups in total. The number of amides is 1. The van der Waals surface area contributed by atoms with Crippen molar-refractivity contribution in [2.75, 3.05) is 20.1 Å². The van der Waals surface area contributed by atoms with Gasteiger partial charge in [0.1, 0.15) is 0 Å². The summed E-state index contributed by atoms with van der Waals surface area (Å²) >= 11 is 0. The van der Waals surface area contributed by atoms with Crippen molar-refractivity contribution in [1.29, 1.82) is 0 Å². The Hall–Kier alpha value is -0.570. The number of carbonyl (C=O) groups is 1. The van der Waals surface area contributed by atoms with E-state index in [1.54, 1.807) is 0 Å². The lowest BCUT2D eigenvalue weighted by atomic mass is 10.6. The van der Waals surface area contributed by atoms with Crippen LogP contribution in [-0.2, 0) is 4.79 Å². The van der Waals surface area contributed by atoms with Gasteiger partial charge in [0.15, 0.2) is 0 Å². The quantitative estimate of drug-likeness (QED) is 0.417. The van der Waals surface area contributed by atoms with Gasteiger partial charge in [0, 0.05) is 13.1 Å². The molecule has 0 spiro atoms. The Bertz CT molecular complexity index is 48.3. The van der Waals surface area contributed by atoms with Crippen LogP contribution in [0.4, 0.5) is 0 Å². The molecule has 9 heavy (non-hydrogen) atoms. The smallest absolute Gasteiger partial charge is 0.207 e. The molecule has 0 unspecified atom stereocenters. The summed E-state index contributed by atoms with van der Waals surface area (Å²) in [6, 6.07) is 0. The average Bonchev–Trinajstić information content (AvgIpc) is 1.94. The molecule has 0 aromatic heterocycles. The van der Waals surface area contributed by atoms with E-state index in [1.807, 2.05) is 20.9 Å². The van der Waals surface area contributed by atoms with Gasteiger partial charge in [0.05, 0.1) is 0 Å². The van der Waals surface area contributed by atoms with Crippen molar-refractivity contribution in [1.82, 2.24) is 10.6 Å². The van der Waals surface area contributed by atoms with Gasteiger partial charge in [0.2, 0.25) is 6.41 Å². The van der Waals surface area contributed by atoms with Gasteiger partial charge in [-0.15, -0.1) is 0 Å². The van der Waals surface area contributed by atoms with Gasteiger partial charge in [-0.3, -0.25) is 4.79 Å². The fourth-order valence-electron chi connectivity index (χ4n) is 0.256. The first kappa shape index (κ1) is 11.3. The first-order chi connectivity index (χ1) is 4.41. The van der Waals surface area contributed by atoms with Crippen LogP contribution in [0.2, 0.25) is 0 Å². The van der Waals surface area contributed by atoms with E-state index in [1.165, 1.54) is 0 Å². The fourth-order valence-corrected chi connectivity index (χ4v) is 0.256. The molecule has 0 radical (unpaired) electrons. The third kappa shape index (κ3) is 18.6. The first-order valence-electron chi connectivity index (χ1n) is 3.23. The topological polar surface area (TPSA) is 41.1 Å². The maximum absolute atomic E-state index is 9.54. The van der Waals surface area contributed by atoms with E-state index in [2.05, 4.69) is 10.6 Å². The minimum Gasteiger partial charge on any atom is -0.357 e. The van der Waals surface area contributed by atoms with Gasteiger partial charge < -0.3 is 10.6 Å². The zero-order valence-corrected chi connectivity index (χ0v) is 6.40. The highest BCUT2D eigenvalue weighted by Gasteiger charge is 1.74. The van der Waals surface area contributed by atoms with Gasteiger partial charge >= 0.3 is 0 Å². The third-order valence-electron chi connectivity index (χ3n) is 0.603. The van der Waals surface area contributed by atoms with Crippen molar-refractivity contribution < 1.29 is 4.79 Å². The van der Waals surface area contributed by atoms with Gasteiger partial charge in [-0.25, -0.2) is 0 Å². The summed E-state index contributed by atoms with van der Waals surface area (Å²) in [6.07, 6.45) is 0.692. The van der Waals surface area contributed by atoms with Crippen molar-refractivity contribution in [3.8, 4) is 0 Å². The van der Waals surface area contributed by atoms with Crippen LogP contribution in [0.15, 0.2) is 0 Å². The molecule has 3 heteroatoms. The Labute approximate surface area is 56.8 Å². The lowest BCUT2D eigenvalue weighted by molar-refractivity contribution is -0.109. The van der Waals surface area contributed by atoms with Crippen LogP contribution in [0, 0.1) is 0 Å². The van der Waals surface area contributed by atoms with E-state index < -0.39 is 0 Å². The van der Waals surface area contributed by atoms with E-state index in [0.29, 0.717) is 13.0 Å². The summed E-state index contributed by atoms with van der Waals surface area (Å²) in [7, 11) is 1.84. The molecule has 0 aliphatic carbocycles. The molecular weight excluding hydrogens is 116 g/mol. The number of hydrogen-bond acceptors (Lipinski definition) is 2. The lowest BCUT2D eigenvalue weighted by Gasteiger charge is -1.93. The molecule has 0 heterocycles. The zero-order chi connectivity index (χ0) is 7.54. The van der Waals surface area contributed by atoms with Crippen LogP contribution in [0.3, 0.4) is 0 Å². The maximum Gasteiger partial charge on any atom is 0.207 e. The molecule has 3 nitrogen and oxygen atoms in total. The molecule has 0 bridgehead atoms. The van der Waals surface area contributed by atoms with Gasteiger partial charge in [-0.1, -0.05) is 13.8 Å². The highest BCUT2D eigenvalue weighted by molar-refractivity contribution is 5.45. The number of likely N-dealkylation sites (N-methyl/N-ethyl adjacent to an activating group) is 1. The van der Waals surface area contributed by atoms with Crippen LogP contribution >= 0.6 is 0 Å². The second kappa shape index (κ2) is 15.7. The lowest BCUT2D eigenvalue weighted by Crippen LogP contribution is -2.23. The van der Waals surface area contributed by atoms with Crippen LogP contribution in [0.25, 0.3) is 0 Å². The summed E-state index contributed by atoms with van der Waals surface area (Å²) in [5.41, 5.74) is 0. The Morgan fingerprint density at radius 1 is 1.33 bits per heavy atom. The fraction of sp³-hybridized carbons (Fsp3) is 0.833. The summed E-state index contributed by atoms with van der Waals surface area (Å²) < 4.78 is 0. The predicted octanol–water partition coefficient (Wildman–Crippen LogP) is -0.0220. The molecule has 1 amide bonds. The predicted molar refractivity (Wildman–Crippen MR) is 39.3 cm³/mol. The van der Waals surface area contributed by atoms with Crippen molar-refractivity contribution in [3.05, 3.63) is 0 Å². The molecular formula is C6H16N2O. The minimum absolute atomic E-state index is 0.692. The van der Waals surface area contributed by atoms with Crippen molar-refractivity contribution in [2.24, 2.45) is 0 Å². The SMILES string of the molecule is CC.CNCCNC=O. The molecule has 0 aromatic rings. The number of hydrogen-bond donors (Lipinski definition) is 2. The summed E-state index contributed by atoms with van der Waals surface area (Å²) in [4.78, 5) is 9.54. The van der Waals surface area contributed by atoms with Crippen molar-refractivity contribution in [3.63, 3.8) is 0 Å². The van der Waals surface area contributed by atoms with Crippen LogP contribution < -0.4 is 10.6 Å². The number of carbonyl (C=O) groups excluding carboxylic acids is 1. The monoisotopic (exact) mass is 132 g/mol. The Morgan fingerprint density at radius 2 is 1.89 bits per heavy atom. The molecule has 0 saturated carbocycles. The van der Waals surface area contributed by atoms with Gasteiger partial charge in [0.25, 0.3) is 0 Å². The Balaban J connectivity index is 0. The Morgan fingerprint density at radius 3 is 2.22 bits per heavy atom. The second-order valence-corrected chi connectivity index (χ2v) is 1.18. The third-order valence-corrected chi connectivity index (χ3v) is 0.603.